The van der Waals surface area contributed by atoms with E-state index >= 15 is 0 Å². The second kappa shape index (κ2) is 5.54. The van der Waals surface area contributed by atoms with Crippen molar-refractivity contribution in [2.24, 2.45) is 5.92 Å². The van der Waals surface area contributed by atoms with Crippen LogP contribution in [0.4, 0.5) is 4.39 Å². The molecule has 2 unspecified atom stereocenters. The van der Waals surface area contributed by atoms with E-state index in [0.29, 0.717) is 5.92 Å². The van der Waals surface area contributed by atoms with Gasteiger partial charge in [-0.05, 0) is 61.8 Å². The summed E-state index contributed by atoms with van der Waals surface area (Å²) >= 11 is 3.50. The first-order valence-electron chi connectivity index (χ1n) is 7.19. The summed E-state index contributed by atoms with van der Waals surface area (Å²) in [6, 6.07) is 15.6. The minimum absolute atomic E-state index is 0.0403. The summed E-state index contributed by atoms with van der Waals surface area (Å²) in [5.74, 6) is 0.411. The summed E-state index contributed by atoms with van der Waals surface area (Å²) in [4.78, 5) is 2.23. The highest BCUT2D eigenvalue weighted by Crippen LogP contribution is 2.59. The predicted molar refractivity (Wildman–Crippen MR) is 88.0 cm³/mol. The van der Waals surface area contributed by atoms with Gasteiger partial charge >= 0.3 is 0 Å². The number of halogens is 2. The molecule has 1 aliphatic carbocycles. The zero-order valence-electron chi connectivity index (χ0n) is 12.3. The van der Waals surface area contributed by atoms with Gasteiger partial charge in [-0.25, -0.2) is 4.39 Å². The molecule has 0 saturated heterocycles. The Balaban J connectivity index is 2.01. The summed E-state index contributed by atoms with van der Waals surface area (Å²) in [6.07, 6.45) is 1.12. The molecule has 1 saturated carbocycles. The van der Waals surface area contributed by atoms with E-state index in [9.17, 15) is 4.39 Å². The standard InChI is InChI=1S/C18H19BrFN/c1-21(2)12-15-11-18(15,13-3-7-16(19)8-4-13)14-5-9-17(20)10-6-14/h3-10,15H,11-12H2,1-2H3. The van der Waals surface area contributed by atoms with Gasteiger partial charge in [0.1, 0.15) is 5.82 Å². The third-order valence-corrected chi connectivity index (χ3v) is 4.94. The molecule has 0 aliphatic heterocycles. The zero-order chi connectivity index (χ0) is 15.0. The molecule has 3 rings (SSSR count). The predicted octanol–water partition coefficient (Wildman–Crippen LogP) is 4.46. The lowest BCUT2D eigenvalue weighted by Crippen LogP contribution is -2.21. The first-order valence-corrected chi connectivity index (χ1v) is 7.98. The van der Waals surface area contributed by atoms with Gasteiger partial charge < -0.3 is 4.90 Å². The number of benzene rings is 2. The molecule has 2 atom stereocenters. The summed E-state index contributed by atoms with van der Waals surface area (Å²) in [7, 11) is 4.21. The Morgan fingerprint density at radius 3 is 2.10 bits per heavy atom. The van der Waals surface area contributed by atoms with Gasteiger partial charge in [0.2, 0.25) is 0 Å². The van der Waals surface area contributed by atoms with Crippen LogP contribution in [0, 0.1) is 11.7 Å². The Kier molecular flexibility index (Phi) is 3.89. The fourth-order valence-electron chi connectivity index (χ4n) is 3.36. The van der Waals surface area contributed by atoms with Crippen molar-refractivity contribution in [3.05, 3.63) is 69.9 Å². The van der Waals surface area contributed by atoms with E-state index in [1.807, 2.05) is 12.1 Å². The summed E-state index contributed by atoms with van der Waals surface area (Å²) in [5.41, 5.74) is 2.58. The number of rotatable bonds is 4. The van der Waals surface area contributed by atoms with Gasteiger partial charge in [-0.15, -0.1) is 0 Å². The molecule has 2 aromatic rings. The van der Waals surface area contributed by atoms with Crippen LogP contribution < -0.4 is 0 Å². The van der Waals surface area contributed by atoms with E-state index in [1.165, 1.54) is 11.1 Å². The van der Waals surface area contributed by atoms with Crippen LogP contribution in [0.2, 0.25) is 0 Å². The first-order chi connectivity index (χ1) is 10.0. The Hall–Kier alpha value is -1.19. The Morgan fingerprint density at radius 2 is 1.57 bits per heavy atom. The molecule has 0 spiro atoms. The van der Waals surface area contributed by atoms with Crippen LogP contribution in [0.3, 0.4) is 0 Å². The van der Waals surface area contributed by atoms with Crippen molar-refractivity contribution >= 4 is 15.9 Å². The molecule has 21 heavy (non-hydrogen) atoms. The lowest BCUT2D eigenvalue weighted by atomic mass is 9.85. The van der Waals surface area contributed by atoms with Crippen LogP contribution in [0.25, 0.3) is 0 Å². The molecule has 1 nitrogen and oxygen atoms in total. The third-order valence-electron chi connectivity index (χ3n) is 4.41. The van der Waals surface area contributed by atoms with Crippen molar-refractivity contribution in [2.45, 2.75) is 11.8 Å². The summed E-state index contributed by atoms with van der Waals surface area (Å²) in [5, 5.41) is 0. The summed E-state index contributed by atoms with van der Waals surface area (Å²) in [6.45, 7) is 1.05. The highest BCUT2D eigenvalue weighted by molar-refractivity contribution is 9.10. The fraction of sp³-hybridized carbons (Fsp3) is 0.333. The van der Waals surface area contributed by atoms with Crippen molar-refractivity contribution in [1.82, 2.24) is 4.90 Å². The normalized spacial score (nSPS) is 24.3. The van der Waals surface area contributed by atoms with Crippen LogP contribution in [-0.4, -0.2) is 25.5 Å². The summed E-state index contributed by atoms with van der Waals surface area (Å²) < 4.78 is 14.3. The van der Waals surface area contributed by atoms with E-state index in [2.05, 4.69) is 59.2 Å². The van der Waals surface area contributed by atoms with Gasteiger partial charge in [-0.1, -0.05) is 40.2 Å². The maximum atomic E-state index is 13.2. The third kappa shape index (κ3) is 2.77. The second-order valence-electron chi connectivity index (χ2n) is 6.15. The van der Waals surface area contributed by atoms with E-state index in [0.717, 1.165) is 17.4 Å². The topological polar surface area (TPSA) is 3.24 Å². The monoisotopic (exact) mass is 347 g/mol. The average Bonchev–Trinajstić information content (AvgIpc) is 3.14. The number of nitrogens with zero attached hydrogens (tertiary/aromatic N) is 1. The smallest absolute Gasteiger partial charge is 0.123 e. The highest BCUT2D eigenvalue weighted by atomic mass is 79.9. The largest absolute Gasteiger partial charge is 0.309 e. The molecule has 0 amide bonds. The van der Waals surface area contributed by atoms with Gasteiger partial charge in [0.15, 0.2) is 0 Å². The maximum absolute atomic E-state index is 13.2. The van der Waals surface area contributed by atoms with Gasteiger partial charge in [0.25, 0.3) is 0 Å². The molecule has 2 aromatic carbocycles. The molecule has 0 heterocycles. The molecule has 0 radical (unpaired) electrons. The maximum Gasteiger partial charge on any atom is 0.123 e. The zero-order valence-corrected chi connectivity index (χ0v) is 13.9. The van der Waals surface area contributed by atoms with E-state index in [4.69, 9.17) is 0 Å². The molecule has 3 heteroatoms. The van der Waals surface area contributed by atoms with Gasteiger partial charge in [0.05, 0.1) is 0 Å². The van der Waals surface area contributed by atoms with E-state index in [-0.39, 0.29) is 11.2 Å². The molecule has 110 valence electrons. The highest BCUT2D eigenvalue weighted by Gasteiger charge is 2.56. The van der Waals surface area contributed by atoms with Crippen LogP contribution in [-0.2, 0) is 5.41 Å². The molecular formula is C18H19BrFN. The first kappa shape index (κ1) is 14.7. The Labute approximate surface area is 133 Å². The van der Waals surface area contributed by atoms with Crippen molar-refractivity contribution < 1.29 is 4.39 Å². The van der Waals surface area contributed by atoms with Crippen molar-refractivity contribution in [2.75, 3.05) is 20.6 Å². The molecule has 1 fully saturated rings. The van der Waals surface area contributed by atoms with Crippen LogP contribution >= 0.6 is 15.9 Å². The van der Waals surface area contributed by atoms with Crippen molar-refractivity contribution in [1.29, 1.82) is 0 Å². The Morgan fingerprint density at radius 1 is 1.05 bits per heavy atom. The number of hydrogen-bond acceptors (Lipinski definition) is 1. The van der Waals surface area contributed by atoms with Gasteiger partial charge in [-0.3, -0.25) is 0 Å². The fourth-order valence-corrected chi connectivity index (χ4v) is 3.62. The van der Waals surface area contributed by atoms with E-state index in [1.54, 1.807) is 12.1 Å². The quantitative estimate of drug-likeness (QED) is 0.789. The minimum Gasteiger partial charge on any atom is -0.309 e. The molecule has 0 N–H and O–H groups in total. The molecule has 1 aliphatic rings. The Bertz CT molecular complexity index is 573. The average molecular weight is 348 g/mol. The molecular weight excluding hydrogens is 329 g/mol. The van der Waals surface area contributed by atoms with Crippen LogP contribution in [0.15, 0.2) is 53.0 Å². The molecule has 0 aromatic heterocycles. The lowest BCUT2D eigenvalue weighted by molar-refractivity contribution is 0.376. The van der Waals surface area contributed by atoms with Gasteiger partial charge in [0, 0.05) is 16.4 Å². The van der Waals surface area contributed by atoms with Crippen molar-refractivity contribution in [3.8, 4) is 0 Å². The SMILES string of the molecule is CN(C)CC1CC1(c1ccc(F)cc1)c1ccc(Br)cc1. The minimum atomic E-state index is -0.172. The van der Waals surface area contributed by atoms with E-state index < -0.39 is 0 Å². The number of hydrogen-bond donors (Lipinski definition) is 0. The van der Waals surface area contributed by atoms with Crippen LogP contribution in [0.5, 0.6) is 0 Å². The van der Waals surface area contributed by atoms with Gasteiger partial charge in [-0.2, -0.15) is 0 Å². The molecule has 0 bridgehead atoms. The lowest BCUT2D eigenvalue weighted by Gasteiger charge is -2.21. The van der Waals surface area contributed by atoms with Crippen molar-refractivity contribution in [3.63, 3.8) is 0 Å². The second-order valence-corrected chi connectivity index (χ2v) is 7.06. The van der Waals surface area contributed by atoms with Crippen LogP contribution in [0.1, 0.15) is 17.5 Å².